The first-order chi connectivity index (χ1) is 5.83. The Morgan fingerprint density at radius 2 is 2.33 bits per heavy atom. The van der Waals surface area contributed by atoms with Crippen molar-refractivity contribution in [3.63, 3.8) is 0 Å². The summed E-state index contributed by atoms with van der Waals surface area (Å²) in [4.78, 5) is 0. The molecule has 0 aromatic rings. The Balaban J connectivity index is 2.05. The van der Waals surface area contributed by atoms with Crippen molar-refractivity contribution in [3.05, 3.63) is 0 Å². The van der Waals surface area contributed by atoms with Crippen molar-refractivity contribution in [2.24, 2.45) is 0 Å². The zero-order valence-corrected chi connectivity index (χ0v) is 9.64. The van der Waals surface area contributed by atoms with Gasteiger partial charge in [-0.3, -0.25) is 0 Å². The first-order valence-corrected chi connectivity index (χ1v) is 6.96. The average molecular weight is 205 g/mol. The lowest BCUT2D eigenvalue weighted by atomic mass is 10.2. The highest BCUT2D eigenvalue weighted by Crippen LogP contribution is 2.23. The van der Waals surface area contributed by atoms with Gasteiger partial charge in [0.05, 0.1) is 0 Å². The highest BCUT2D eigenvalue weighted by Gasteiger charge is 2.14. The van der Waals surface area contributed by atoms with E-state index < -0.39 is 0 Å². The van der Waals surface area contributed by atoms with Crippen LogP contribution in [-0.4, -0.2) is 35.1 Å². The van der Waals surface area contributed by atoms with Crippen molar-refractivity contribution >= 4 is 23.5 Å². The molecule has 1 nitrogen and oxygen atoms in total. The molecule has 0 amide bonds. The number of hydrogen-bond acceptors (Lipinski definition) is 3. The van der Waals surface area contributed by atoms with Crippen LogP contribution in [0.25, 0.3) is 0 Å². The van der Waals surface area contributed by atoms with Crippen LogP contribution < -0.4 is 5.32 Å². The van der Waals surface area contributed by atoms with E-state index in [0.717, 1.165) is 5.25 Å². The van der Waals surface area contributed by atoms with Gasteiger partial charge in [0.15, 0.2) is 0 Å². The largest absolute Gasteiger partial charge is 0.313 e. The summed E-state index contributed by atoms with van der Waals surface area (Å²) in [5.41, 5.74) is 0. The van der Waals surface area contributed by atoms with E-state index in [1.54, 1.807) is 0 Å². The summed E-state index contributed by atoms with van der Waals surface area (Å²) in [6, 6.07) is 0.692. The Bertz CT molecular complexity index is 113. The fraction of sp³-hybridized carbons (Fsp3) is 1.00. The molecule has 1 fully saturated rings. The molecule has 0 spiro atoms. The fourth-order valence-corrected chi connectivity index (χ4v) is 3.76. The third-order valence-electron chi connectivity index (χ3n) is 2.19. The highest BCUT2D eigenvalue weighted by molar-refractivity contribution is 8.06. The molecule has 1 saturated heterocycles. The van der Waals surface area contributed by atoms with Crippen molar-refractivity contribution in [2.75, 3.05) is 23.8 Å². The topological polar surface area (TPSA) is 12.0 Å². The second kappa shape index (κ2) is 6.17. The van der Waals surface area contributed by atoms with E-state index >= 15 is 0 Å². The molecule has 0 aromatic heterocycles. The van der Waals surface area contributed by atoms with Crippen LogP contribution in [-0.2, 0) is 0 Å². The van der Waals surface area contributed by atoms with E-state index in [-0.39, 0.29) is 0 Å². The Hall–Kier alpha value is 0.660. The molecule has 1 aliphatic rings. The maximum atomic E-state index is 3.57. The van der Waals surface area contributed by atoms with Crippen molar-refractivity contribution in [1.29, 1.82) is 0 Å². The predicted octanol–water partition coefficient (Wildman–Crippen LogP) is 2.22. The Morgan fingerprint density at radius 3 is 2.92 bits per heavy atom. The van der Waals surface area contributed by atoms with Gasteiger partial charge in [-0.1, -0.05) is 6.92 Å². The minimum Gasteiger partial charge on any atom is -0.313 e. The second-order valence-electron chi connectivity index (χ2n) is 3.29. The summed E-state index contributed by atoms with van der Waals surface area (Å²) in [6.45, 7) is 5.70. The molecule has 0 radical (unpaired) electrons. The van der Waals surface area contributed by atoms with E-state index in [0.29, 0.717) is 6.04 Å². The molecular weight excluding hydrogens is 186 g/mol. The first kappa shape index (κ1) is 10.7. The molecule has 1 aliphatic heterocycles. The summed E-state index contributed by atoms with van der Waals surface area (Å²) >= 11 is 4.23. The molecule has 12 heavy (non-hydrogen) atoms. The van der Waals surface area contributed by atoms with Gasteiger partial charge in [-0.2, -0.15) is 23.5 Å². The maximum Gasteiger partial charge on any atom is 0.0263 e. The van der Waals surface area contributed by atoms with Gasteiger partial charge in [0.25, 0.3) is 0 Å². The molecule has 0 bridgehead atoms. The van der Waals surface area contributed by atoms with Crippen LogP contribution >= 0.6 is 23.5 Å². The van der Waals surface area contributed by atoms with Gasteiger partial charge < -0.3 is 5.32 Å². The summed E-state index contributed by atoms with van der Waals surface area (Å²) < 4.78 is 0. The number of rotatable bonds is 4. The second-order valence-corrected chi connectivity index (χ2v) is 5.84. The Kier molecular flexibility index (Phi) is 5.52. The summed E-state index contributed by atoms with van der Waals surface area (Å²) in [6.07, 6.45) is 1.24. The molecule has 3 heteroatoms. The van der Waals surface area contributed by atoms with Crippen LogP contribution in [0.4, 0.5) is 0 Å². The highest BCUT2D eigenvalue weighted by atomic mass is 32.2. The molecule has 0 saturated carbocycles. The molecule has 72 valence electrons. The zero-order chi connectivity index (χ0) is 8.81. The van der Waals surface area contributed by atoms with Crippen LogP contribution in [0.5, 0.6) is 0 Å². The summed E-state index contributed by atoms with van der Waals surface area (Å²) in [5.74, 6) is 4.04. The zero-order valence-electron chi connectivity index (χ0n) is 8.01. The standard InChI is InChI=1S/C9H19NS2/c1-3-8(2)10-6-9-7-11-4-5-12-9/h8-10H,3-7H2,1-2H3. The van der Waals surface area contributed by atoms with Crippen molar-refractivity contribution in [2.45, 2.75) is 31.6 Å². The molecule has 1 rings (SSSR count). The van der Waals surface area contributed by atoms with E-state index in [9.17, 15) is 0 Å². The number of nitrogens with one attached hydrogen (secondary N) is 1. The van der Waals surface area contributed by atoms with Crippen LogP contribution in [0.1, 0.15) is 20.3 Å². The summed E-state index contributed by atoms with van der Waals surface area (Å²) in [5, 5.41) is 4.43. The van der Waals surface area contributed by atoms with E-state index in [2.05, 4.69) is 42.7 Å². The van der Waals surface area contributed by atoms with Crippen molar-refractivity contribution in [3.8, 4) is 0 Å². The van der Waals surface area contributed by atoms with Crippen molar-refractivity contribution < 1.29 is 0 Å². The van der Waals surface area contributed by atoms with Crippen molar-refractivity contribution in [1.82, 2.24) is 5.32 Å². The number of hydrogen-bond donors (Lipinski definition) is 1. The van der Waals surface area contributed by atoms with Gasteiger partial charge in [-0.25, -0.2) is 0 Å². The molecule has 0 aliphatic carbocycles. The third kappa shape index (κ3) is 4.06. The Labute approximate surface area is 84.4 Å². The lowest BCUT2D eigenvalue weighted by Gasteiger charge is -2.22. The summed E-state index contributed by atoms with van der Waals surface area (Å²) in [7, 11) is 0. The molecule has 2 atom stereocenters. The average Bonchev–Trinajstić information content (AvgIpc) is 2.16. The maximum absolute atomic E-state index is 3.57. The lowest BCUT2D eigenvalue weighted by molar-refractivity contribution is 0.538. The van der Waals surface area contributed by atoms with Gasteiger partial charge >= 0.3 is 0 Å². The minimum atomic E-state index is 0.692. The van der Waals surface area contributed by atoms with Gasteiger partial charge in [-0.05, 0) is 13.3 Å². The van der Waals surface area contributed by atoms with Gasteiger partial charge in [0.2, 0.25) is 0 Å². The molecule has 2 unspecified atom stereocenters. The van der Waals surface area contributed by atoms with Gasteiger partial charge in [0.1, 0.15) is 0 Å². The third-order valence-corrected chi connectivity index (χ3v) is 5.04. The monoisotopic (exact) mass is 205 g/mol. The molecule has 1 N–H and O–H groups in total. The SMILES string of the molecule is CCC(C)NCC1CSCCS1. The smallest absolute Gasteiger partial charge is 0.0263 e. The van der Waals surface area contributed by atoms with Crippen LogP contribution in [0, 0.1) is 0 Å². The molecular formula is C9H19NS2. The van der Waals surface area contributed by atoms with Crippen LogP contribution in [0.3, 0.4) is 0 Å². The van der Waals surface area contributed by atoms with E-state index in [1.165, 1.54) is 30.2 Å². The molecule has 0 aromatic carbocycles. The minimum absolute atomic E-state index is 0.692. The Morgan fingerprint density at radius 1 is 1.50 bits per heavy atom. The fourth-order valence-electron chi connectivity index (χ4n) is 1.13. The van der Waals surface area contributed by atoms with Crippen LogP contribution in [0.2, 0.25) is 0 Å². The number of thioether (sulfide) groups is 2. The normalized spacial score (nSPS) is 27.0. The predicted molar refractivity (Wildman–Crippen MR) is 61.3 cm³/mol. The quantitative estimate of drug-likeness (QED) is 0.756. The molecule has 1 heterocycles. The van der Waals surface area contributed by atoms with Gasteiger partial charge in [-0.15, -0.1) is 0 Å². The van der Waals surface area contributed by atoms with E-state index in [1.807, 2.05) is 0 Å². The van der Waals surface area contributed by atoms with E-state index in [4.69, 9.17) is 0 Å². The lowest BCUT2D eigenvalue weighted by Crippen LogP contribution is -2.34. The van der Waals surface area contributed by atoms with Crippen LogP contribution in [0.15, 0.2) is 0 Å². The van der Waals surface area contributed by atoms with Gasteiger partial charge in [0, 0.05) is 35.1 Å². The first-order valence-electron chi connectivity index (χ1n) is 4.75.